The molecule has 0 spiro atoms. The summed E-state index contributed by atoms with van der Waals surface area (Å²) in [6.07, 6.45) is 0. The maximum absolute atomic E-state index is 13.0. The molecule has 0 bridgehead atoms. The summed E-state index contributed by atoms with van der Waals surface area (Å²) < 4.78 is 19.3. The Labute approximate surface area is 133 Å². The van der Waals surface area contributed by atoms with Gasteiger partial charge >= 0.3 is 13.6 Å². The number of nitrogens with zero attached hydrogens (tertiary/aromatic N) is 1. The number of benzene rings is 1. The number of nitrogens with one attached hydrogen (secondary N) is 2. The van der Waals surface area contributed by atoms with Gasteiger partial charge in [-0.25, -0.2) is 9.46 Å². The van der Waals surface area contributed by atoms with E-state index in [1.54, 1.807) is 22.9 Å². The quantitative estimate of drug-likeness (QED) is 0.466. The molecule has 1 aromatic carbocycles. The minimum absolute atomic E-state index is 0.341. The molecule has 2 rings (SSSR count). The van der Waals surface area contributed by atoms with Crippen LogP contribution in [0.5, 0.6) is 0 Å². The molecule has 1 atom stereocenters. The molecule has 0 aromatic heterocycles. The number of carbonyl (C=O) groups excluding carboxylic acids is 1. The summed E-state index contributed by atoms with van der Waals surface area (Å²) in [7, 11) is -1.73. The fourth-order valence-electron chi connectivity index (χ4n) is 2.06. The maximum Gasteiger partial charge on any atom is 0.337 e. The van der Waals surface area contributed by atoms with Crippen molar-refractivity contribution in [2.45, 2.75) is 0 Å². The third kappa shape index (κ3) is 3.46. The number of halogens is 2. The average molecular weight is 352 g/mol. The van der Waals surface area contributed by atoms with Crippen LogP contribution in [0.15, 0.2) is 18.2 Å². The highest BCUT2D eigenvalue weighted by Gasteiger charge is 2.36. The van der Waals surface area contributed by atoms with Crippen molar-refractivity contribution in [1.29, 1.82) is 0 Å². The molecule has 0 radical (unpaired) electrons. The normalized spacial score (nSPS) is 19.8. The number of carbonyl (C=O) groups is 1. The van der Waals surface area contributed by atoms with Crippen LogP contribution >= 0.6 is 30.8 Å². The van der Waals surface area contributed by atoms with Crippen molar-refractivity contribution in [3.05, 3.63) is 23.8 Å². The Balaban J connectivity index is 2.24. The number of esters is 1. The first kappa shape index (κ1) is 16.4. The largest absolute Gasteiger partial charge is 0.465 e. The standard InChI is InChI=1S/C12H16Cl2N3O3P/c1-20-12(18)9-2-3-10-11(8-9)16-21(19,15-10)17(6-4-13)7-5-14/h2-3,8H,4-7H2,1H3,(H2,15,16,19)/t21-/m0/s1. The van der Waals surface area contributed by atoms with E-state index in [0.29, 0.717) is 41.8 Å². The summed E-state index contributed by atoms with van der Waals surface area (Å²) in [5.74, 6) is 0.238. The molecule has 1 heterocycles. The smallest absolute Gasteiger partial charge is 0.337 e. The van der Waals surface area contributed by atoms with Gasteiger partial charge in [0.15, 0.2) is 0 Å². The van der Waals surface area contributed by atoms with Gasteiger partial charge in [-0.2, -0.15) is 0 Å². The second-order valence-electron chi connectivity index (χ2n) is 4.38. The summed E-state index contributed by atoms with van der Waals surface area (Å²) in [4.78, 5) is 11.5. The van der Waals surface area contributed by atoms with Crippen molar-refractivity contribution in [3.63, 3.8) is 0 Å². The van der Waals surface area contributed by atoms with Crippen LogP contribution in [-0.2, 0) is 9.30 Å². The Morgan fingerprint density at radius 1 is 1.24 bits per heavy atom. The van der Waals surface area contributed by atoms with Gasteiger partial charge in [0.05, 0.1) is 24.0 Å². The first-order valence-electron chi connectivity index (χ1n) is 6.30. The molecular weight excluding hydrogens is 336 g/mol. The minimum atomic E-state index is -3.04. The Morgan fingerprint density at radius 3 is 2.43 bits per heavy atom. The fourth-order valence-corrected chi connectivity index (χ4v) is 4.84. The third-order valence-corrected chi connectivity index (χ3v) is 5.69. The highest BCUT2D eigenvalue weighted by atomic mass is 35.5. The van der Waals surface area contributed by atoms with Gasteiger partial charge in [0.1, 0.15) is 0 Å². The zero-order valence-electron chi connectivity index (χ0n) is 11.4. The molecule has 21 heavy (non-hydrogen) atoms. The zero-order chi connectivity index (χ0) is 15.5. The van der Waals surface area contributed by atoms with Gasteiger partial charge in [0.25, 0.3) is 0 Å². The summed E-state index contributed by atoms with van der Waals surface area (Å²) in [5.41, 5.74) is 1.65. The van der Waals surface area contributed by atoms with Gasteiger partial charge in [-0.1, -0.05) is 0 Å². The second kappa shape index (κ2) is 6.88. The van der Waals surface area contributed by atoms with Crippen LogP contribution in [0.4, 0.5) is 11.4 Å². The van der Waals surface area contributed by atoms with E-state index in [4.69, 9.17) is 23.2 Å². The zero-order valence-corrected chi connectivity index (χ0v) is 13.8. The van der Waals surface area contributed by atoms with E-state index in [-0.39, 0.29) is 0 Å². The van der Waals surface area contributed by atoms with Crippen LogP contribution in [-0.4, -0.2) is 42.6 Å². The highest BCUT2D eigenvalue weighted by molar-refractivity contribution is 7.65. The molecule has 116 valence electrons. The van der Waals surface area contributed by atoms with E-state index in [1.807, 2.05) is 0 Å². The average Bonchev–Trinajstić information content (AvgIpc) is 2.82. The Morgan fingerprint density at radius 2 is 1.86 bits per heavy atom. The number of fused-ring (bicyclic) bond motifs is 1. The molecule has 0 amide bonds. The van der Waals surface area contributed by atoms with Crippen molar-refractivity contribution in [2.75, 3.05) is 42.1 Å². The van der Waals surface area contributed by atoms with Gasteiger partial charge in [-0.15, -0.1) is 23.2 Å². The van der Waals surface area contributed by atoms with Crippen molar-refractivity contribution >= 4 is 48.1 Å². The summed E-state index contributed by atoms with van der Waals surface area (Å²) >= 11 is 11.5. The molecule has 6 nitrogen and oxygen atoms in total. The number of ether oxygens (including phenoxy) is 1. The second-order valence-corrected chi connectivity index (χ2v) is 7.30. The monoisotopic (exact) mass is 351 g/mol. The van der Waals surface area contributed by atoms with Crippen LogP contribution in [0, 0.1) is 0 Å². The van der Waals surface area contributed by atoms with E-state index in [9.17, 15) is 9.36 Å². The number of methoxy groups -OCH3 is 1. The summed E-state index contributed by atoms with van der Waals surface area (Å²) in [5, 5.41) is 5.91. The molecule has 1 aromatic rings. The molecular formula is C12H16Cl2N3O3P. The van der Waals surface area contributed by atoms with Crippen LogP contribution in [0.25, 0.3) is 0 Å². The molecule has 1 aliphatic rings. The van der Waals surface area contributed by atoms with Crippen molar-refractivity contribution in [1.82, 2.24) is 4.67 Å². The molecule has 0 saturated carbocycles. The van der Waals surface area contributed by atoms with E-state index < -0.39 is 13.6 Å². The van der Waals surface area contributed by atoms with E-state index in [2.05, 4.69) is 14.9 Å². The third-order valence-electron chi connectivity index (χ3n) is 3.07. The topological polar surface area (TPSA) is 70.7 Å². The number of hydrogen-bond acceptors (Lipinski definition) is 3. The Hall–Kier alpha value is -0.940. The van der Waals surface area contributed by atoms with Crippen LogP contribution in [0.2, 0.25) is 0 Å². The van der Waals surface area contributed by atoms with Crippen LogP contribution in [0.1, 0.15) is 10.4 Å². The first-order chi connectivity index (χ1) is 10.0. The lowest BCUT2D eigenvalue weighted by Gasteiger charge is -2.27. The number of anilines is 2. The molecule has 9 heteroatoms. The number of alkyl halides is 2. The molecule has 1 aliphatic heterocycles. The lowest BCUT2D eigenvalue weighted by atomic mass is 10.2. The van der Waals surface area contributed by atoms with Crippen molar-refractivity contribution in [2.24, 2.45) is 0 Å². The predicted octanol–water partition coefficient (Wildman–Crippen LogP) is 3.20. The van der Waals surface area contributed by atoms with E-state index in [0.717, 1.165) is 0 Å². The van der Waals surface area contributed by atoms with Crippen LogP contribution in [0.3, 0.4) is 0 Å². The first-order valence-corrected chi connectivity index (χ1v) is 9.03. The highest BCUT2D eigenvalue weighted by Crippen LogP contribution is 2.56. The van der Waals surface area contributed by atoms with Crippen LogP contribution < -0.4 is 10.2 Å². The van der Waals surface area contributed by atoms with Gasteiger partial charge in [-0.3, -0.25) is 4.57 Å². The lowest BCUT2D eigenvalue weighted by Crippen LogP contribution is -2.29. The van der Waals surface area contributed by atoms with Gasteiger partial charge in [0.2, 0.25) is 0 Å². The molecule has 0 fully saturated rings. The molecule has 0 aliphatic carbocycles. The Bertz CT molecular complexity index is 579. The maximum atomic E-state index is 13.0. The van der Waals surface area contributed by atoms with E-state index in [1.165, 1.54) is 7.11 Å². The number of rotatable bonds is 6. The van der Waals surface area contributed by atoms with Gasteiger partial charge in [-0.05, 0) is 18.2 Å². The van der Waals surface area contributed by atoms with Crippen molar-refractivity contribution in [3.8, 4) is 0 Å². The molecule has 2 N–H and O–H groups in total. The van der Waals surface area contributed by atoms with Gasteiger partial charge < -0.3 is 14.9 Å². The van der Waals surface area contributed by atoms with E-state index >= 15 is 0 Å². The predicted molar refractivity (Wildman–Crippen MR) is 85.6 cm³/mol. The lowest BCUT2D eigenvalue weighted by molar-refractivity contribution is 0.0601. The number of hydrogen-bond donors (Lipinski definition) is 2. The summed E-state index contributed by atoms with van der Waals surface area (Å²) in [6, 6.07) is 4.91. The molecule has 0 unspecified atom stereocenters. The fraction of sp³-hybridized carbons (Fsp3) is 0.417. The summed E-state index contributed by atoms with van der Waals surface area (Å²) in [6.45, 7) is 0.868. The SMILES string of the molecule is COC(=O)c1ccc2c(c1)N[P@](=O)(N(CCCl)CCCl)N2. The van der Waals surface area contributed by atoms with Crippen molar-refractivity contribution < 1.29 is 14.1 Å². The molecule has 0 saturated heterocycles. The van der Waals surface area contributed by atoms with Gasteiger partial charge in [0, 0.05) is 24.8 Å². The minimum Gasteiger partial charge on any atom is -0.465 e. The Kier molecular flexibility index (Phi) is 5.38.